The molecule has 1 aliphatic rings. The van der Waals surface area contributed by atoms with Crippen molar-refractivity contribution in [1.82, 2.24) is 25.0 Å². The number of piperazine rings is 1. The molecule has 0 spiro atoms. The van der Waals surface area contributed by atoms with Crippen molar-refractivity contribution in [3.8, 4) is 16.3 Å². The maximum absolute atomic E-state index is 12.9. The summed E-state index contributed by atoms with van der Waals surface area (Å²) in [6.07, 6.45) is -1.99. The van der Waals surface area contributed by atoms with Gasteiger partial charge in [-0.3, -0.25) is 24.8 Å². The molecular formula is C22H21ClF3N7O3S. The molecule has 1 fully saturated rings. The second kappa shape index (κ2) is 11.4. The first kappa shape index (κ1) is 26.7. The van der Waals surface area contributed by atoms with Crippen LogP contribution in [0.1, 0.15) is 10.4 Å². The molecule has 3 heterocycles. The van der Waals surface area contributed by atoms with Gasteiger partial charge in [0.15, 0.2) is 10.8 Å². The summed E-state index contributed by atoms with van der Waals surface area (Å²) in [6, 6.07) is 4.87. The molecule has 1 aliphatic heterocycles. The maximum atomic E-state index is 12.9. The molecule has 0 atom stereocenters. The van der Waals surface area contributed by atoms with Crippen LogP contribution in [0.25, 0.3) is 10.6 Å². The van der Waals surface area contributed by atoms with Gasteiger partial charge in [-0.25, -0.2) is 0 Å². The lowest BCUT2D eigenvalue weighted by molar-refractivity contribution is -0.274. The van der Waals surface area contributed by atoms with Crippen molar-refractivity contribution in [2.24, 2.45) is 0 Å². The van der Waals surface area contributed by atoms with Crippen molar-refractivity contribution in [2.75, 3.05) is 50.4 Å². The van der Waals surface area contributed by atoms with Gasteiger partial charge in [0.25, 0.3) is 5.91 Å². The molecule has 0 saturated carbocycles. The van der Waals surface area contributed by atoms with Crippen molar-refractivity contribution in [1.29, 1.82) is 0 Å². The third-order valence-corrected chi connectivity index (χ3v) is 6.40. The Hall–Kier alpha value is -3.33. The number of halogens is 4. The third-order valence-electron chi connectivity index (χ3n) is 5.30. The minimum Gasteiger partial charge on any atom is -0.404 e. The van der Waals surface area contributed by atoms with E-state index in [-0.39, 0.29) is 22.9 Å². The summed E-state index contributed by atoms with van der Waals surface area (Å²) in [5, 5.41) is 13.9. The van der Waals surface area contributed by atoms with Gasteiger partial charge in [0.2, 0.25) is 11.0 Å². The fraction of sp³-hybridized carbons (Fsp3) is 0.318. The Morgan fingerprint density at radius 2 is 1.86 bits per heavy atom. The second-order valence-electron chi connectivity index (χ2n) is 8.14. The minimum absolute atomic E-state index is 0.0123. The number of carbonyl (C=O) groups excluding carboxylic acids is 2. The molecule has 2 N–H and O–H groups in total. The van der Waals surface area contributed by atoms with Crippen molar-refractivity contribution >= 4 is 45.6 Å². The van der Waals surface area contributed by atoms with Crippen LogP contribution in [-0.2, 0) is 4.79 Å². The van der Waals surface area contributed by atoms with Crippen LogP contribution in [0.3, 0.4) is 0 Å². The summed E-state index contributed by atoms with van der Waals surface area (Å²) >= 11 is 7.00. The summed E-state index contributed by atoms with van der Waals surface area (Å²) < 4.78 is 42.8. The summed E-state index contributed by atoms with van der Waals surface area (Å²) in [5.74, 6) is -1.83. The van der Waals surface area contributed by atoms with Crippen LogP contribution in [-0.4, -0.2) is 82.9 Å². The van der Waals surface area contributed by atoms with E-state index in [2.05, 4.69) is 35.5 Å². The van der Waals surface area contributed by atoms with Crippen molar-refractivity contribution in [3.05, 3.63) is 47.2 Å². The maximum Gasteiger partial charge on any atom is 0.573 e. The SMILES string of the molecule is CN1CCN(CC(=O)Nc2cc(C(=O)Nc3nnc(-c4cncc(Cl)c4)s3)ccc2OC(F)(F)F)CC1. The van der Waals surface area contributed by atoms with E-state index in [0.717, 1.165) is 42.6 Å². The Kier molecular flexibility index (Phi) is 8.22. The Morgan fingerprint density at radius 1 is 1.11 bits per heavy atom. The van der Waals surface area contributed by atoms with Crippen LogP contribution >= 0.6 is 22.9 Å². The fourth-order valence-corrected chi connectivity index (χ4v) is 4.36. The van der Waals surface area contributed by atoms with E-state index in [1.165, 1.54) is 12.4 Å². The average molecular weight is 556 g/mol. The van der Waals surface area contributed by atoms with Gasteiger partial charge in [-0.2, -0.15) is 0 Å². The quantitative estimate of drug-likeness (QED) is 0.455. The van der Waals surface area contributed by atoms with E-state index < -0.39 is 23.9 Å². The molecule has 0 unspecified atom stereocenters. The lowest BCUT2D eigenvalue weighted by Gasteiger charge is -2.31. The van der Waals surface area contributed by atoms with Gasteiger partial charge >= 0.3 is 6.36 Å². The highest BCUT2D eigenvalue weighted by Gasteiger charge is 2.33. The Balaban J connectivity index is 1.48. The number of rotatable bonds is 7. The topological polar surface area (TPSA) is 113 Å². The molecule has 2 aromatic heterocycles. The first-order valence-corrected chi connectivity index (χ1v) is 12.1. The van der Waals surface area contributed by atoms with Crippen LogP contribution in [0.5, 0.6) is 5.75 Å². The Bertz CT molecular complexity index is 1280. The first-order valence-electron chi connectivity index (χ1n) is 10.9. The van der Waals surface area contributed by atoms with Gasteiger partial charge in [0.05, 0.1) is 17.3 Å². The standard InChI is InChI=1S/C22H21ClF3N7O3S/c1-32-4-6-33(7-5-32)12-18(34)28-16-9-13(2-3-17(16)36-22(24,25)26)19(35)29-21-31-30-20(37-21)14-8-15(23)11-27-10-14/h2-3,8-11H,4-7,12H2,1H3,(H,28,34)(H,29,31,35). The zero-order valence-electron chi connectivity index (χ0n) is 19.4. The van der Waals surface area contributed by atoms with Crippen molar-refractivity contribution in [2.45, 2.75) is 6.36 Å². The lowest BCUT2D eigenvalue weighted by Crippen LogP contribution is -2.47. The molecule has 4 rings (SSSR count). The lowest BCUT2D eigenvalue weighted by atomic mass is 10.1. The normalized spacial score (nSPS) is 14.8. The van der Waals surface area contributed by atoms with E-state index >= 15 is 0 Å². The molecule has 1 saturated heterocycles. The number of aromatic nitrogens is 3. The molecular weight excluding hydrogens is 535 g/mol. The average Bonchev–Trinajstić information content (AvgIpc) is 3.29. The second-order valence-corrected chi connectivity index (χ2v) is 9.56. The molecule has 2 amide bonds. The molecule has 3 aromatic rings. The van der Waals surface area contributed by atoms with Crippen molar-refractivity contribution < 1.29 is 27.5 Å². The summed E-state index contributed by atoms with van der Waals surface area (Å²) in [5.41, 5.74) is 0.294. The Morgan fingerprint density at radius 3 is 2.57 bits per heavy atom. The van der Waals surface area contributed by atoms with E-state index in [4.69, 9.17) is 11.6 Å². The molecule has 0 aliphatic carbocycles. The number of nitrogens with one attached hydrogen (secondary N) is 2. The number of benzene rings is 1. The fourth-order valence-electron chi connectivity index (χ4n) is 3.47. The van der Waals surface area contributed by atoms with Gasteiger partial charge in [0, 0.05) is 49.7 Å². The number of pyridine rings is 1. The largest absolute Gasteiger partial charge is 0.573 e. The predicted octanol–water partition coefficient (Wildman–Crippen LogP) is 3.59. The minimum atomic E-state index is -4.99. The van der Waals surface area contributed by atoms with Gasteiger partial charge in [-0.05, 0) is 31.3 Å². The molecule has 10 nitrogen and oxygen atoms in total. The monoisotopic (exact) mass is 555 g/mol. The summed E-state index contributed by atoms with van der Waals surface area (Å²) in [6.45, 7) is 2.82. The number of carbonyl (C=O) groups is 2. The number of hydrogen-bond acceptors (Lipinski definition) is 9. The number of amides is 2. The Labute approximate surface area is 218 Å². The first-order chi connectivity index (χ1) is 17.6. The van der Waals surface area contributed by atoms with E-state index in [9.17, 15) is 22.8 Å². The molecule has 15 heteroatoms. The zero-order chi connectivity index (χ0) is 26.6. The van der Waals surface area contributed by atoms with Gasteiger partial charge in [0.1, 0.15) is 0 Å². The van der Waals surface area contributed by atoms with Crippen LogP contribution in [0, 0.1) is 0 Å². The van der Waals surface area contributed by atoms with E-state index in [1.54, 1.807) is 6.07 Å². The molecule has 0 bridgehead atoms. The van der Waals surface area contributed by atoms with Gasteiger partial charge in [-0.15, -0.1) is 23.4 Å². The molecule has 196 valence electrons. The smallest absolute Gasteiger partial charge is 0.404 e. The number of likely N-dealkylation sites (N-methyl/N-ethyl adjacent to an activating group) is 1. The van der Waals surface area contributed by atoms with Gasteiger partial charge < -0.3 is 15.0 Å². The van der Waals surface area contributed by atoms with Gasteiger partial charge in [-0.1, -0.05) is 22.9 Å². The van der Waals surface area contributed by atoms with Crippen LogP contribution in [0.2, 0.25) is 5.02 Å². The molecule has 37 heavy (non-hydrogen) atoms. The van der Waals surface area contributed by atoms with Crippen LogP contribution in [0.15, 0.2) is 36.7 Å². The van der Waals surface area contributed by atoms with Crippen LogP contribution < -0.4 is 15.4 Å². The highest BCUT2D eigenvalue weighted by molar-refractivity contribution is 7.18. The summed E-state index contributed by atoms with van der Waals surface area (Å²) in [4.78, 5) is 33.4. The highest BCUT2D eigenvalue weighted by atomic mass is 35.5. The highest BCUT2D eigenvalue weighted by Crippen LogP contribution is 2.32. The third kappa shape index (κ3) is 7.58. The van der Waals surface area contributed by atoms with E-state index in [0.29, 0.717) is 28.7 Å². The van der Waals surface area contributed by atoms with Crippen LogP contribution in [0.4, 0.5) is 24.0 Å². The number of ether oxygens (including phenoxy) is 1. The predicted molar refractivity (Wildman–Crippen MR) is 132 cm³/mol. The summed E-state index contributed by atoms with van der Waals surface area (Å²) in [7, 11) is 1.96. The number of hydrogen-bond donors (Lipinski definition) is 2. The molecule has 0 radical (unpaired) electrons. The number of anilines is 2. The number of alkyl halides is 3. The number of nitrogens with zero attached hydrogens (tertiary/aromatic N) is 5. The van der Waals surface area contributed by atoms with Crippen molar-refractivity contribution in [3.63, 3.8) is 0 Å². The molecule has 1 aromatic carbocycles. The van der Waals surface area contributed by atoms with E-state index in [1.807, 2.05) is 11.9 Å². The zero-order valence-corrected chi connectivity index (χ0v) is 21.0.